The maximum atomic E-state index is 12.1. The molecule has 0 fully saturated rings. The Hall–Kier alpha value is -2.40. The van der Waals surface area contributed by atoms with Gasteiger partial charge in [-0.3, -0.25) is 0 Å². The van der Waals surface area contributed by atoms with Gasteiger partial charge in [-0.2, -0.15) is 0 Å². The summed E-state index contributed by atoms with van der Waals surface area (Å²) in [7, 11) is 1.56. The van der Waals surface area contributed by atoms with Crippen molar-refractivity contribution in [2.75, 3.05) is 13.9 Å². The van der Waals surface area contributed by atoms with Crippen molar-refractivity contribution in [1.82, 2.24) is 0 Å². The molecule has 6 heteroatoms. The van der Waals surface area contributed by atoms with Gasteiger partial charge in [0.05, 0.1) is 17.7 Å². The second-order valence-corrected chi connectivity index (χ2v) is 5.48. The molecule has 0 saturated carbocycles. The van der Waals surface area contributed by atoms with Gasteiger partial charge in [-0.15, -0.1) is 0 Å². The molecule has 0 aliphatic carbocycles. The zero-order valence-electron chi connectivity index (χ0n) is 12.7. The van der Waals surface area contributed by atoms with Crippen LogP contribution in [0.3, 0.4) is 0 Å². The summed E-state index contributed by atoms with van der Waals surface area (Å²) in [5.41, 5.74) is 2.11. The molecule has 1 heterocycles. The number of esters is 1. The molecule has 5 nitrogen and oxygen atoms in total. The Bertz CT molecular complexity index is 757. The number of rotatable bonds is 4. The standard InChI is InChI=1S/C17H15ClO5/c1-10-3-4-12(7-14(10)20-2)17(19)21-8-11-5-13(18)16-15(6-11)22-9-23-16/h3-7H,8-9H2,1-2H3. The van der Waals surface area contributed by atoms with E-state index in [9.17, 15) is 4.79 Å². The lowest BCUT2D eigenvalue weighted by Gasteiger charge is -2.09. The number of ether oxygens (including phenoxy) is 4. The summed E-state index contributed by atoms with van der Waals surface area (Å²) in [6, 6.07) is 8.61. The van der Waals surface area contributed by atoms with Crippen LogP contribution in [0.5, 0.6) is 17.2 Å². The largest absolute Gasteiger partial charge is 0.496 e. The average molecular weight is 335 g/mol. The van der Waals surface area contributed by atoms with Gasteiger partial charge in [0.15, 0.2) is 11.5 Å². The molecule has 1 aliphatic heterocycles. The predicted molar refractivity (Wildman–Crippen MR) is 84.4 cm³/mol. The van der Waals surface area contributed by atoms with E-state index < -0.39 is 5.97 Å². The summed E-state index contributed by atoms with van der Waals surface area (Å²) in [4.78, 5) is 12.1. The highest BCUT2D eigenvalue weighted by molar-refractivity contribution is 6.32. The van der Waals surface area contributed by atoms with Gasteiger partial charge >= 0.3 is 5.97 Å². The lowest BCUT2D eigenvalue weighted by Crippen LogP contribution is -2.06. The molecular weight excluding hydrogens is 320 g/mol. The Kier molecular flexibility index (Phi) is 4.30. The van der Waals surface area contributed by atoms with E-state index in [0.29, 0.717) is 27.8 Å². The first-order valence-corrected chi connectivity index (χ1v) is 7.36. The smallest absolute Gasteiger partial charge is 0.338 e. The van der Waals surface area contributed by atoms with Crippen LogP contribution < -0.4 is 14.2 Å². The maximum Gasteiger partial charge on any atom is 0.338 e. The minimum absolute atomic E-state index is 0.0887. The zero-order chi connectivity index (χ0) is 16.4. The average Bonchev–Trinajstić information content (AvgIpc) is 3.02. The van der Waals surface area contributed by atoms with Gasteiger partial charge in [-0.1, -0.05) is 17.7 Å². The van der Waals surface area contributed by atoms with E-state index in [2.05, 4.69) is 0 Å². The Morgan fingerprint density at radius 3 is 2.87 bits per heavy atom. The van der Waals surface area contributed by atoms with Crippen LogP contribution in [0.25, 0.3) is 0 Å². The predicted octanol–water partition coefficient (Wildman–Crippen LogP) is 3.74. The maximum absolute atomic E-state index is 12.1. The van der Waals surface area contributed by atoms with Gasteiger partial charge in [0, 0.05) is 0 Å². The van der Waals surface area contributed by atoms with Crippen LogP contribution in [0.1, 0.15) is 21.5 Å². The number of hydrogen-bond acceptors (Lipinski definition) is 5. The Labute approximate surface area is 138 Å². The van der Waals surface area contributed by atoms with Crippen LogP contribution in [0, 0.1) is 6.92 Å². The van der Waals surface area contributed by atoms with Gasteiger partial charge in [0.2, 0.25) is 6.79 Å². The molecule has 0 saturated heterocycles. The van der Waals surface area contributed by atoms with Crippen LogP contribution in [-0.2, 0) is 11.3 Å². The van der Waals surface area contributed by atoms with Crippen LogP contribution in [0.4, 0.5) is 0 Å². The molecule has 0 N–H and O–H groups in total. The summed E-state index contributed by atoms with van der Waals surface area (Å²) in [6.45, 7) is 2.13. The second kappa shape index (κ2) is 6.38. The summed E-state index contributed by atoms with van der Waals surface area (Å²) < 4.78 is 21.1. The molecule has 23 heavy (non-hydrogen) atoms. The third-order valence-corrected chi connectivity index (χ3v) is 3.78. The molecule has 0 unspecified atom stereocenters. The molecule has 2 aromatic rings. The summed E-state index contributed by atoms with van der Waals surface area (Å²) in [5.74, 6) is 1.29. The van der Waals surface area contributed by atoms with Gasteiger partial charge in [0.1, 0.15) is 12.4 Å². The molecule has 1 aliphatic rings. The topological polar surface area (TPSA) is 54.0 Å². The second-order valence-electron chi connectivity index (χ2n) is 5.07. The van der Waals surface area contributed by atoms with Gasteiger partial charge in [0.25, 0.3) is 0 Å². The van der Waals surface area contributed by atoms with Gasteiger partial charge in [-0.05, 0) is 42.3 Å². The number of hydrogen-bond donors (Lipinski definition) is 0. The Morgan fingerprint density at radius 1 is 1.26 bits per heavy atom. The van der Waals surface area contributed by atoms with Crippen LogP contribution in [0.2, 0.25) is 5.02 Å². The van der Waals surface area contributed by atoms with Crippen molar-refractivity contribution in [3.63, 3.8) is 0 Å². The summed E-state index contributed by atoms with van der Waals surface area (Å²) >= 11 is 6.10. The minimum Gasteiger partial charge on any atom is -0.496 e. The lowest BCUT2D eigenvalue weighted by atomic mass is 10.1. The molecule has 3 rings (SSSR count). The highest BCUT2D eigenvalue weighted by atomic mass is 35.5. The van der Waals surface area contributed by atoms with Crippen molar-refractivity contribution in [3.8, 4) is 17.2 Å². The monoisotopic (exact) mass is 334 g/mol. The lowest BCUT2D eigenvalue weighted by molar-refractivity contribution is 0.0472. The molecule has 0 radical (unpaired) electrons. The van der Waals surface area contributed by atoms with E-state index >= 15 is 0 Å². The van der Waals surface area contributed by atoms with Gasteiger partial charge in [-0.25, -0.2) is 4.79 Å². The van der Waals surface area contributed by atoms with E-state index in [0.717, 1.165) is 11.1 Å². The minimum atomic E-state index is -0.433. The van der Waals surface area contributed by atoms with Crippen LogP contribution in [0.15, 0.2) is 30.3 Å². The van der Waals surface area contributed by atoms with Crippen LogP contribution >= 0.6 is 11.6 Å². The molecule has 2 aromatic carbocycles. The summed E-state index contributed by atoms with van der Waals surface area (Å²) in [6.07, 6.45) is 0. The highest BCUT2D eigenvalue weighted by Crippen LogP contribution is 2.39. The zero-order valence-corrected chi connectivity index (χ0v) is 13.5. The number of benzene rings is 2. The number of carbonyl (C=O) groups is 1. The molecule has 0 spiro atoms. The van der Waals surface area contributed by atoms with Crippen molar-refractivity contribution in [2.24, 2.45) is 0 Å². The normalized spacial score (nSPS) is 12.1. The third kappa shape index (κ3) is 3.19. The van der Waals surface area contributed by atoms with E-state index in [-0.39, 0.29) is 13.4 Å². The molecule has 0 amide bonds. The first-order chi connectivity index (χ1) is 11.1. The molecule has 0 bridgehead atoms. The Morgan fingerprint density at radius 2 is 2.09 bits per heavy atom. The van der Waals surface area contributed by atoms with Crippen LogP contribution in [-0.4, -0.2) is 19.9 Å². The van der Waals surface area contributed by atoms with E-state index in [1.165, 1.54) is 0 Å². The first kappa shape index (κ1) is 15.5. The number of aryl methyl sites for hydroxylation is 1. The summed E-state index contributed by atoms with van der Waals surface area (Å²) in [5, 5.41) is 0.433. The first-order valence-electron chi connectivity index (χ1n) is 6.98. The van der Waals surface area contributed by atoms with Crippen molar-refractivity contribution < 1.29 is 23.7 Å². The van der Waals surface area contributed by atoms with E-state index in [1.54, 1.807) is 31.4 Å². The van der Waals surface area contributed by atoms with E-state index in [4.69, 9.17) is 30.5 Å². The number of fused-ring (bicyclic) bond motifs is 1. The van der Waals surface area contributed by atoms with Crippen molar-refractivity contribution in [3.05, 3.63) is 52.0 Å². The van der Waals surface area contributed by atoms with E-state index in [1.807, 2.05) is 13.0 Å². The molecule has 0 atom stereocenters. The number of carbonyl (C=O) groups excluding carboxylic acids is 1. The fourth-order valence-corrected chi connectivity index (χ4v) is 2.57. The van der Waals surface area contributed by atoms with Crippen molar-refractivity contribution in [1.29, 1.82) is 0 Å². The van der Waals surface area contributed by atoms with Crippen molar-refractivity contribution in [2.45, 2.75) is 13.5 Å². The molecule has 120 valence electrons. The van der Waals surface area contributed by atoms with Gasteiger partial charge < -0.3 is 18.9 Å². The molecule has 0 aromatic heterocycles. The highest BCUT2D eigenvalue weighted by Gasteiger charge is 2.19. The number of methoxy groups -OCH3 is 1. The fraction of sp³-hybridized carbons (Fsp3) is 0.235. The Balaban J connectivity index is 1.71. The third-order valence-electron chi connectivity index (χ3n) is 3.50. The number of halogens is 1. The quantitative estimate of drug-likeness (QED) is 0.797. The van der Waals surface area contributed by atoms with Crippen molar-refractivity contribution >= 4 is 17.6 Å². The SMILES string of the molecule is COc1cc(C(=O)OCc2cc(Cl)c3c(c2)OCO3)ccc1C. The fourth-order valence-electron chi connectivity index (χ4n) is 2.28. The molecular formula is C17H15ClO5.